The molecule has 0 radical (unpaired) electrons. The van der Waals surface area contributed by atoms with E-state index in [0.29, 0.717) is 29.0 Å². The van der Waals surface area contributed by atoms with Crippen LogP contribution in [0.25, 0.3) is 11.1 Å². The molecule has 5 nitrogen and oxygen atoms in total. The highest BCUT2D eigenvalue weighted by molar-refractivity contribution is 6.01. The van der Waals surface area contributed by atoms with E-state index in [0.717, 1.165) is 47.1 Å². The fourth-order valence-electron chi connectivity index (χ4n) is 5.53. The molecule has 192 valence electrons. The zero-order valence-electron chi connectivity index (χ0n) is 22.3. The summed E-state index contributed by atoms with van der Waals surface area (Å²) in [5, 5.41) is 0. The number of hydrogen-bond acceptors (Lipinski definition) is 5. The van der Waals surface area contributed by atoms with Crippen molar-refractivity contribution in [1.82, 2.24) is 0 Å². The first kappa shape index (κ1) is 25.1. The minimum atomic E-state index is -1.55. The highest BCUT2D eigenvalue weighted by Gasteiger charge is 2.48. The smallest absolute Gasteiger partial charge is 0.345 e. The van der Waals surface area contributed by atoms with E-state index < -0.39 is 17.4 Å². The van der Waals surface area contributed by atoms with Crippen molar-refractivity contribution in [2.45, 2.75) is 78.1 Å². The molecule has 0 saturated heterocycles. The van der Waals surface area contributed by atoms with E-state index in [9.17, 15) is 9.59 Å². The molecule has 0 aliphatic carbocycles. The predicted octanol–water partition coefficient (Wildman–Crippen LogP) is 7.40. The van der Waals surface area contributed by atoms with Crippen LogP contribution in [0.2, 0.25) is 0 Å². The second kappa shape index (κ2) is 9.37. The molecule has 1 unspecified atom stereocenters. The summed E-state index contributed by atoms with van der Waals surface area (Å²) in [6.45, 7) is 9.80. The molecule has 2 aliphatic heterocycles. The monoisotopic (exact) mass is 498 g/mol. The van der Waals surface area contributed by atoms with E-state index in [2.05, 4.69) is 39.0 Å². The van der Waals surface area contributed by atoms with Crippen LogP contribution in [0.3, 0.4) is 0 Å². The standard InChI is InChI=1S/C32H34O5/c1-6-7-9-12-22-18-26-28(24-17-20(2)15-16-25(24)31(4,5)35-26)29-27(22)30(34)37-32(36-29,19-21(3)33)23-13-10-8-11-14-23/h8,10-11,13-18H,6-7,9,12,19H2,1-5H3. The van der Waals surface area contributed by atoms with Gasteiger partial charge in [-0.15, -0.1) is 0 Å². The first-order chi connectivity index (χ1) is 17.6. The van der Waals surface area contributed by atoms with Crippen molar-refractivity contribution in [3.8, 4) is 22.6 Å². The Morgan fingerprint density at radius 3 is 2.38 bits per heavy atom. The van der Waals surface area contributed by atoms with Gasteiger partial charge < -0.3 is 14.2 Å². The summed E-state index contributed by atoms with van der Waals surface area (Å²) in [6.07, 6.45) is 3.67. The van der Waals surface area contributed by atoms with Gasteiger partial charge in [0.05, 0.1) is 12.0 Å². The number of ether oxygens (including phenoxy) is 3. The maximum absolute atomic E-state index is 13.8. The Kier molecular flexibility index (Phi) is 6.35. The van der Waals surface area contributed by atoms with E-state index in [1.54, 1.807) is 0 Å². The second-order valence-corrected chi connectivity index (χ2v) is 10.7. The number of hydrogen-bond donors (Lipinski definition) is 0. The maximum Gasteiger partial charge on any atom is 0.345 e. The lowest BCUT2D eigenvalue weighted by Crippen LogP contribution is -2.44. The number of ketones is 1. The van der Waals surface area contributed by atoms with Crippen molar-refractivity contribution in [3.05, 3.63) is 82.4 Å². The van der Waals surface area contributed by atoms with Crippen LogP contribution in [0.5, 0.6) is 11.5 Å². The number of rotatable bonds is 7. The first-order valence-corrected chi connectivity index (χ1v) is 13.1. The maximum atomic E-state index is 13.8. The van der Waals surface area contributed by atoms with Crippen LogP contribution >= 0.6 is 0 Å². The summed E-state index contributed by atoms with van der Waals surface area (Å²) in [7, 11) is 0. The van der Waals surface area contributed by atoms with E-state index in [-0.39, 0.29) is 12.2 Å². The third kappa shape index (κ3) is 4.41. The van der Waals surface area contributed by atoms with E-state index >= 15 is 0 Å². The van der Waals surface area contributed by atoms with Gasteiger partial charge in [-0.25, -0.2) is 4.79 Å². The Labute approximate surface area is 218 Å². The molecule has 37 heavy (non-hydrogen) atoms. The number of carbonyl (C=O) groups is 2. The van der Waals surface area contributed by atoms with E-state index in [1.165, 1.54) is 6.92 Å². The van der Waals surface area contributed by atoms with Crippen LogP contribution in [0.15, 0.2) is 54.6 Å². The summed E-state index contributed by atoms with van der Waals surface area (Å²) in [5.41, 5.74) is 5.18. The van der Waals surface area contributed by atoms with Crippen molar-refractivity contribution in [2.24, 2.45) is 0 Å². The van der Waals surface area contributed by atoms with Crippen molar-refractivity contribution in [1.29, 1.82) is 0 Å². The van der Waals surface area contributed by atoms with Gasteiger partial charge in [-0.3, -0.25) is 4.79 Å². The molecule has 3 aromatic carbocycles. The molecular weight excluding hydrogens is 464 g/mol. The minimum Gasteiger partial charge on any atom is -0.482 e. The predicted molar refractivity (Wildman–Crippen MR) is 143 cm³/mol. The Bertz CT molecular complexity index is 1370. The Morgan fingerprint density at radius 2 is 1.68 bits per heavy atom. The average Bonchev–Trinajstić information content (AvgIpc) is 2.83. The molecule has 3 aromatic rings. The molecule has 0 spiro atoms. The number of carbonyl (C=O) groups excluding carboxylic acids is 2. The Balaban J connectivity index is 1.79. The number of cyclic esters (lactones) is 1. The molecule has 0 N–H and O–H groups in total. The van der Waals surface area contributed by atoms with Gasteiger partial charge in [-0.1, -0.05) is 73.9 Å². The molecule has 5 rings (SSSR count). The normalized spacial score (nSPS) is 19.0. The molecule has 0 fully saturated rings. The van der Waals surface area contributed by atoms with Crippen LogP contribution in [-0.4, -0.2) is 11.8 Å². The van der Waals surface area contributed by atoms with Gasteiger partial charge in [0.2, 0.25) is 0 Å². The fraction of sp³-hybridized carbons (Fsp3) is 0.375. The third-order valence-corrected chi connectivity index (χ3v) is 7.26. The summed E-state index contributed by atoms with van der Waals surface area (Å²) >= 11 is 0. The van der Waals surface area contributed by atoms with Crippen LogP contribution < -0.4 is 9.47 Å². The largest absolute Gasteiger partial charge is 0.482 e. The summed E-state index contributed by atoms with van der Waals surface area (Å²) in [5.74, 6) is -1.04. The van der Waals surface area contributed by atoms with Crippen molar-refractivity contribution < 1.29 is 23.8 Å². The zero-order valence-corrected chi connectivity index (χ0v) is 22.3. The van der Waals surface area contributed by atoms with E-state index in [4.69, 9.17) is 14.2 Å². The second-order valence-electron chi connectivity index (χ2n) is 10.7. The fourth-order valence-corrected chi connectivity index (χ4v) is 5.53. The van der Waals surface area contributed by atoms with E-state index in [1.807, 2.05) is 43.3 Å². The molecule has 0 bridgehead atoms. The van der Waals surface area contributed by atoms with Crippen LogP contribution in [0.1, 0.15) is 86.0 Å². The molecule has 0 amide bonds. The number of Topliss-reactive ketones (excluding diaryl/α,β-unsaturated/α-hetero) is 1. The zero-order chi connectivity index (χ0) is 26.4. The number of esters is 1. The van der Waals surface area contributed by atoms with Crippen LogP contribution in [0.4, 0.5) is 0 Å². The quantitative estimate of drug-likeness (QED) is 0.251. The van der Waals surface area contributed by atoms with Gasteiger partial charge in [-0.2, -0.15) is 0 Å². The molecule has 0 aromatic heterocycles. The topological polar surface area (TPSA) is 61.8 Å². The highest BCUT2D eigenvalue weighted by Crippen LogP contribution is 2.55. The van der Waals surface area contributed by atoms with Crippen LogP contribution in [-0.2, 0) is 27.3 Å². The van der Waals surface area contributed by atoms with Gasteiger partial charge in [0.25, 0.3) is 5.79 Å². The third-order valence-electron chi connectivity index (χ3n) is 7.26. The summed E-state index contributed by atoms with van der Waals surface area (Å²) < 4.78 is 19.4. The van der Waals surface area contributed by atoms with Gasteiger partial charge in [-0.05, 0) is 57.7 Å². The number of aryl methyl sites for hydroxylation is 2. The van der Waals surface area contributed by atoms with Crippen LogP contribution in [0, 0.1) is 6.92 Å². The lowest BCUT2D eigenvalue weighted by Gasteiger charge is -2.42. The van der Waals surface area contributed by atoms with Gasteiger partial charge in [0.1, 0.15) is 22.7 Å². The average molecular weight is 499 g/mol. The summed E-state index contributed by atoms with van der Waals surface area (Å²) in [6, 6.07) is 17.5. The van der Waals surface area contributed by atoms with Crippen molar-refractivity contribution in [2.75, 3.05) is 0 Å². The lowest BCUT2D eigenvalue weighted by atomic mass is 9.82. The first-order valence-electron chi connectivity index (χ1n) is 13.1. The van der Waals surface area contributed by atoms with Gasteiger partial charge >= 0.3 is 5.97 Å². The van der Waals surface area contributed by atoms with Gasteiger partial charge in [0, 0.05) is 11.1 Å². The molecule has 0 saturated carbocycles. The SMILES string of the molecule is CCCCCc1cc2c(c3c1C(=O)OC(CC(C)=O)(c1ccccc1)O3)-c1cc(C)ccc1C(C)(C)O2. The number of unbranched alkanes of at least 4 members (excludes halogenated alkanes) is 2. The number of benzene rings is 3. The van der Waals surface area contributed by atoms with Gasteiger partial charge in [0.15, 0.2) is 5.75 Å². The summed E-state index contributed by atoms with van der Waals surface area (Å²) in [4.78, 5) is 26.3. The Hall–Kier alpha value is -3.60. The molecule has 2 heterocycles. The molecular formula is C32H34O5. The minimum absolute atomic E-state index is 0.0932. The highest BCUT2D eigenvalue weighted by atomic mass is 16.7. The molecule has 5 heteroatoms. The molecule has 2 aliphatic rings. The van der Waals surface area contributed by atoms with Crippen molar-refractivity contribution >= 4 is 11.8 Å². The lowest BCUT2D eigenvalue weighted by molar-refractivity contribution is -0.171. The molecule has 1 atom stereocenters. The van der Waals surface area contributed by atoms with Crippen molar-refractivity contribution in [3.63, 3.8) is 0 Å². The Morgan fingerprint density at radius 1 is 0.919 bits per heavy atom. The number of fused-ring (bicyclic) bond motifs is 5.